The van der Waals surface area contributed by atoms with Crippen LogP contribution in [0.1, 0.15) is 10.4 Å². The van der Waals surface area contributed by atoms with Crippen LogP contribution in [0.2, 0.25) is 0 Å². The number of rotatable bonds is 3. The van der Waals surface area contributed by atoms with Crippen LogP contribution >= 0.6 is 33.9 Å². The monoisotopic (exact) mass is 375 g/mol. The predicted octanol–water partition coefficient (Wildman–Crippen LogP) is 2.91. The summed E-state index contributed by atoms with van der Waals surface area (Å²) in [6.45, 7) is 0. The number of carbonyl (C=O) groups excluding carboxylic acids is 1. The maximum atomic E-state index is 11.8. The quantitative estimate of drug-likeness (QED) is 0.508. The Bertz CT molecular complexity index is 597. The van der Waals surface area contributed by atoms with Gasteiger partial charge in [0.05, 0.1) is 4.92 Å². The second-order valence-electron chi connectivity index (χ2n) is 3.22. The number of benzene rings is 1. The molecule has 1 aromatic heterocycles. The number of aromatic nitrogens is 1. The van der Waals surface area contributed by atoms with Crippen LogP contribution in [0, 0.1) is 13.7 Å². The first-order chi connectivity index (χ1) is 8.56. The van der Waals surface area contributed by atoms with Crippen LogP contribution < -0.4 is 5.32 Å². The first-order valence-corrected chi connectivity index (χ1v) is 6.63. The fourth-order valence-electron chi connectivity index (χ4n) is 1.18. The summed E-state index contributed by atoms with van der Waals surface area (Å²) in [5.74, 6) is -0.337. The fourth-order valence-corrected chi connectivity index (χ4v) is 2.17. The second-order valence-corrected chi connectivity index (χ2v) is 5.48. The van der Waals surface area contributed by atoms with Gasteiger partial charge in [0, 0.05) is 9.13 Å². The molecule has 8 heteroatoms. The number of halogens is 1. The Morgan fingerprint density at radius 3 is 2.61 bits per heavy atom. The van der Waals surface area contributed by atoms with Gasteiger partial charge in [0.2, 0.25) is 0 Å². The zero-order chi connectivity index (χ0) is 13.1. The van der Waals surface area contributed by atoms with E-state index in [0.29, 0.717) is 5.56 Å². The molecule has 1 heterocycles. The van der Waals surface area contributed by atoms with Crippen LogP contribution in [-0.4, -0.2) is 15.8 Å². The van der Waals surface area contributed by atoms with Crippen molar-refractivity contribution in [1.82, 2.24) is 4.98 Å². The summed E-state index contributed by atoms with van der Waals surface area (Å²) < 4.78 is 1.02. The third-order valence-electron chi connectivity index (χ3n) is 2.00. The second kappa shape index (κ2) is 5.40. The molecule has 0 bridgehead atoms. The number of thiazole rings is 1. The van der Waals surface area contributed by atoms with Gasteiger partial charge in [0.25, 0.3) is 5.91 Å². The van der Waals surface area contributed by atoms with Crippen LogP contribution in [0.5, 0.6) is 0 Å². The average molecular weight is 375 g/mol. The molecule has 1 amide bonds. The Hall–Kier alpha value is -1.55. The van der Waals surface area contributed by atoms with Crippen molar-refractivity contribution >= 4 is 50.0 Å². The van der Waals surface area contributed by atoms with Gasteiger partial charge in [-0.05, 0) is 58.2 Å². The van der Waals surface area contributed by atoms with Crippen LogP contribution in [0.15, 0.2) is 30.5 Å². The van der Waals surface area contributed by atoms with E-state index in [1.165, 1.54) is 0 Å². The standard InChI is InChI=1S/C10H6IN3O3S/c11-7-3-1-6(2-4-7)9(15)13-10-12-5-8(18-10)14(16)17/h1-5H,(H,12,13,15). The Kier molecular flexibility index (Phi) is 3.87. The first kappa shape index (κ1) is 12.9. The molecular weight excluding hydrogens is 369 g/mol. The van der Waals surface area contributed by atoms with E-state index in [1.54, 1.807) is 24.3 Å². The minimum absolute atomic E-state index is 0.104. The molecule has 0 aliphatic rings. The van der Waals surface area contributed by atoms with Gasteiger partial charge >= 0.3 is 5.00 Å². The van der Waals surface area contributed by atoms with Gasteiger partial charge in [0.1, 0.15) is 6.20 Å². The summed E-state index contributed by atoms with van der Waals surface area (Å²) in [5.41, 5.74) is 0.480. The summed E-state index contributed by atoms with van der Waals surface area (Å²) in [4.78, 5) is 25.5. The first-order valence-electron chi connectivity index (χ1n) is 4.73. The molecule has 0 atom stereocenters. The van der Waals surface area contributed by atoms with Crippen molar-refractivity contribution in [2.24, 2.45) is 0 Å². The van der Waals surface area contributed by atoms with Crippen molar-refractivity contribution < 1.29 is 9.72 Å². The minimum Gasteiger partial charge on any atom is -0.298 e. The lowest BCUT2D eigenvalue weighted by molar-refractivity contribution is -0.380. The molecule has 1 N–H and O–H groups in total. The summed E-state index contributed by atoms with van der Waals surface area (Å²) in [6, 6.07) is 6.97. The highest BCUT2D eigenvalue weighted by molar-refractivity contribution is 14.1. The van der Waals surface area contributed by atoms with Gasteiger partial charge < -0.3 is 0 Å². The lowest BCUT2D eigenvalue weighted by Crippen LogP contribution is -2.11. The summed E-state index contributed by atoms with van der Waals surface area (Å²) >= 11 is 2.96. The van der Waals surface area contributed by atoms with Gasteiger partial charge in [-0.25, -0.2) is 4.98 Å². The maximum Gasteiger partial charge on any atom is 0.345 e. The Labute approximate surface area is 119 Å². The van der Waals surface area contributed by atoms with Crippen LogP contribution in [-0.2, 0) is 0 Å². The van der Waals surface area contributed by atoms with Crippen molar-refractivity contribution in [3.05, 3.63) is 49.7 Å². The molecule has 0 spiro atoms. The van der Waals surface area contributed by atoms with Crippen LogP contribution in [0.4, 0.5) is 10.1 Å². The SMILES string of the molecule is O=C(Nc1ncc([N+](=O)[O-])s1)c1ccc(I)cc1. The molecule has 0 unspecified atom stereocenters. The van der Waals surface area contributed by atoms with Gasteiger partial charge in [-0.15, -0.1) is 0 Å². The molecule has 0 aliphatic heterocycles. The van der Waals surface area contributed by atoms with E-state index < -0.39 is 4.92 Å². The number of nitrogens with one attached hydrogen (secondary N) is 1. The highest BCUT2D eigenvalue weighted by Gasteiger charge is 2.14. The van der Waals surface area contributed by atoms with Gasteiger partial charge in [-0.1, -0.05) is 0 Å². The number of hydrogen-bond acceptors (Lipinski definition) is 5. The number of amides is 1. The number of anilines is 1. The molecule has 0 radical (unpaired) electrons. The third-order valence-corrected chi connectivity index (χ3v) is 3.58. The summed E-state index contributed by atoms with van der Waals surface area (Å²) in [5, 5.41) is 13.1. The molecular formula is C10H6IN3O3S. The van der Waals surface area contributed by atoms with E-state index in [0.717, 1.165) is 21.1 Å². The van der Waals surface area contributed by atoms with Crippen LogP contribution in [0.25, 0.3) is 0 Å². The van der Waals surface area contributed by atoms with Crippen LogP contribution in [0.3, 0.4) is 0 Å². The molecule has 0 saturated heterocycles. The number of carbonyl (C=O) groups is 1. The third kappa shape index (κ3) is 3.01. The normalized spacial score (nSPS) is 10.1. The van der Waals surface area contributed by atoms with Gasteiger partial charge in [-0.3, -0.25) is 20.2 Å². The Balaban J connectivity index is 2.11. The number of nitro groups is 1. The number of hydrogen-bond donors (Lipinski definition) is 1. The summed E-state index contributed by atoms with van der Waals surface area (Å²) in [6.07, 6.45) is 1.12. The number of nitrogens with zero attached hydrogens (tertiary/aromatic N) is 2. The van der Waals surface area contributed by atoms with E-state index in [2.05, 4.69) is 32.9 Å². The molecule has 2 rings (SSSR count). The van der Waals surface area contributed by atoms with Crippen molar-refractivity contribution in [3.63, 3.8) is 0 Å². The van der Waals surface area contributed by atoms with Gasteiger partial charge in [0.15, 0.2) is 5.13 Å². The molecule has 0 aliphatic carbocycles. The lowest BCUT2D eigenvalue weighted by atomic mass is 10.2. The largest absolute Gasteiger partial charge is 0.345 e. The molecule has 18 heavy (non-hydrogen) atoms. The van der Waals surface area contributed by atoms with E-state index in [9.17, 15) is 14.9 Å². The van der Waals surface area contributed by atoms with E-state index >= 15 is 0 Å². The van der Waals surface area contributed by atoms with Crippen molar-refractivity contribution in [2.45, 2.75) is 0 Å². The smallest absolute Gasteiger partial charge is 0.298 e. The molecule has 2 aromatic rings. The lowest BCUT2D eigenvalue weighted by Gasteiger charge is -2.00. The molecule has 0 saturated carbocycles. The van der Waals surface area contributed by atoms with E-state index in [-0.39, 0.29) is 16.0 Å². The van der Waals surface area contributed by atoms with Gasteiger partial charge in [-0.2, -0.15) is 0 Å². The van der Waals surface area contributed by atoms with Crippen molar-refractivity contribution in [3.8, 4) is 0 Å². The molecule has 92 valence electrons. The fraction of sp³-hybridized carbons (Fsp3) is 0. The van der Waals surface area contributed by atoms with E-state index in [1.807, 2.05) is 0 Å². The van der Waals surface area contributed by atoms with E-state index in [4.69, 9.17) is 0 Å². The highest BCUT2D eigenvalue weighted by Crippen LogP contribution is 2.25. The Morgan fingerprint density at radius 1 is 1.39 bits per heavy atom. The average Bonchev–Trinajstić information content (AvgIpc) is 2.78. The van der Waals surface area contributed by atoms with Crippen molar-refractivity contribution in [2.75, 3.05) is 5.32 Å². The zero-order valence-electron chi connectivity index (χ0n) is 8.79. The molecule has 6 nitrogen and oxygen atoms in total. The predicted molar refractivity (Wildman–Crippen MR) is 75.9 cm³/mol. The minimum atomic E-state index is -0.543. The Morgan fingerprint density at radius 2 is 2.06 bits per heavy atom. The maximum absolute atomic E-state index is 11.8. The zero-order valence-corrected chi connectivity index (χ0v) is 11.8. The summed E-state index contributed by atoms with van der Waals surface area (Å²) in [7, 11) is 0. The molecule has 1 aromatic carbocycles. The highest BCUT2D eigenvalue weighted by atomic mass is 127. The van der Waals surface area contributed by atoms with Crippen molar-refractivity contribution in [1.29, 1.82) is 0 Å². The molecule has 0 fully saturated rings. The topological polar surface area (TPSA) is 85.1 Å².